The Labute approximate surface area is 442 Å². The van der Waals surface area contributed by atoms with Gasteiger partial charge in [-0.3, -0.25) is 9.78 Å². The van der Waals surface area contributed by atoms with Crippen molar-refractivity contribution in [2.45, 2.75) is 204 Å². The molecule has 0 aliphatic carbocycles. The molecule has 3 saturated heterocycles. The number of hydrogen-bond acceptors (Lipinski definition) is 18. The van der Waals surface area contributed by atoms with Crippen LogP contribution in [-0.2, 0) is 44.4 Å². The molecule has 5 heterocycles. The van der Waals surface area contributed by atoms with E-state index in [9.17, 15) is 29.6 Å². The average Bonchev–Trinajstić information content (AvgIpc) is 4.08. The lowest BCUT2D eigenvalue weighted by molar-refractivity contribution is -0.308. The Kier molecular flexibility index (Phi) is 20.8. The standard InChI is InChI=1S/C54H87FN6O12S/c1-15-43-54(10,66)48(62)35(6)60(12)28-31(2)24-52(8,65)50(33(4)46(34(5)51(64)71-43)72-45-25-53(9,68-14)49(63)36(7)70-45)73-44-23-40(22-32(3)69-44)59(11)21-20-39-29-61(58-57-39)41(26-55)47(67-13)38-18-16-37(17-19-38)42-27-56-30-74-42/h16-19,27,29-36,40-41,43-50,62-63,65-66H,15,20-26,28H2,1-14H3/t31-,32-,33+,34-,35-,36+,40+,41-,43-,44+,45?,46+,47-,48-,49+,50-,52-,53-,54-/m1/s1. The number of aliphatic hydroxyl groups is 4. The van der Waals surface area contributed by atoms with Crippen molar-refractivity contribution < 1.29 is 62.8 Å². The molecule has 3 aliphatic heterocycles. The number of hydrogen-bond donors (Lipinski definition) is 4. The summed E-state index contributed by atoms with van der Waals surface area (Å²) in [7, 11) is 6.98. The van der Waals surface area contributed by atoms with Crippen molar-refractivity contribution in [3.05, 3.63) is 53.4 Å². The molecule has 3 fully saturated rings. The molecule has 18 nitrogen and oxygen atoms in total. The van der Waals surface area contributed by atoms with Gasteiger partial charge in [-0.1, -0.05) is 50.3 Å². The fourth-order valence-corrected chi connectivity index (χ4v) is 12.3. The Bertz CT molecular complexity index is 2190. The van der Waals surface area contributed by atoms with Gasteiger partial charge in [-0.05, 0) is 98.9 Å². The van der Waals surface area contributed by atoms with Gasteiger partial charge >= 0.3 is 5.97 Å². The van der Waals surface area contributed by atoms with Gasteiger partial charge in [-0.2, -0.15) is 0 Å². The van der Waals surface area contributed by atoms with E-state index in [1.54, 1.807) is 69.5 Å². The summed E-state index contributed by atoms with van der Waals surface area (Å²) in [6, 6.07) is 6.55. The van der Waals surface area contributed by atoms with Gasteiger partial charge in [0, 0.05) is 77.0 Å². The number of thiazole rings is 1. The molecule has 0 spiro atoms. The number of carbonyl (C=O) groups is 1. The molecule has 2 aromatic heterocycles. The normalized spacial score (nSPS) is 38.2. The maximum absolute atomic E-state index is 14.9. The molecule has 0 amide bonds. The number of ether oxygens (including phenoxy) is 7. The topological polar surface area (TPSA) is 213 Å². The first-order valence-corrected chi connectivity index (χ1v) is 27.3. The molecular formula is C54H87FN6O12S. The van der Waals surface area contributed by atoms with Crippen LogP contribution in [-0.4, -0.2) is 188 Å². The highest BCUT2D eigenvalue weighted by Gasteiger charge is 2.52. The van der Waals surface area contributed by atoms with Crippen LogP contribution in [0.2, 0.25) is 0 Å². The third-order valence-corrected chi connectivity index (χ3v) is 17.2. The van der Waals surface area contributed by atoms with E-state index in [-0.39, 0.29) is 37.3 Å². The second-order valence-corrected chi connectivity index (χ2v) is 23.3. The minimum atomic E-state index is -1.82. The summed E-state index contributed by atoms with van der Waals surface area (Å²) in [6.45, 7) is 18.3. The maximum atomic E-state index is 14.9. The van der Waals surface area contributed by atoms with Gasteiger partial charge in [0.05, 0.1) is 57.6 Å². The Balaban J connectivity index is 1.23. The Morgan fingerprint density at radius 3 is 2.30 bits per heavy atom. The number of esters is 1. The first-order valence-electron chi connectivity index (χ1n) is 26.4. The zero-order chi connectivity index (χ0) is 54.4. The quantitative estimate of drug-likeness (QED) is 0.118. The van der Waals surface area contributed by atoms with E-state index in [1.165, 1.54) is 14.0 Å². The summed E-state index contributed by atoms with van der Waals surface area (Å²) in [5.41, 5.74) is -0.0708. The van der Waals surface area contributed by atoms with E-state index in [0.29, 0.717) is 38.0 Å². The predicted molar refractivity (Wildman–Crippen MR) is 278 cm³/mol. The molecule has 4 N–H and O–H groups in total. The van der Waals surface area contributed by atoms with E-state index in [0.717, 1.165) is 16.0 Å². The molecule has 74 heavy (non-hydrogen) atoms. The van der Waals surface area contributed by atoms with Crippen LogP contribution >= 0.6 is 11.3 Å². The zero-order valence-corrected chi connectivity index (χ0v) is 47.0. The number of nitrogens with zero attached hydrogens (tertiary/aromatic N) is 6. The molecule has 0 saturated carbocycles. The number of carbonyl (C=O) groups excluding carboxylic acids is 1. The van der Waals surface area contributed by atoms with Gasteiger partial charge in [-0.25, -0.2) is 9.07 Å². The van der Waals surface area contributed by atoms with Crippen LogP contribution in [0.1, 0.15) is 125 Å². The van der Waals surface area contributed by atoms with E-state index >= 15 is 0 Å². The maximum Gasteiger partial charge on any atom is 0.311 e. The van der Waals surface area contributed by atoms with Crippen LogP contribution in [0.25, 0.3) is 10.4 Å². The van der Waals surface area contributed by atoms with Gasteiger partial charge in [0.1, 0.15) is 42.7 Å². The van der Waals surface area contributed by atoms with Gasteiger partial charge in [0.15, 0.2) is 12.6 Å². The van der Waals surface area contributed by atoms with Crippen LogP contribution < -0.4 is 0 Å². The highest BCUT2D eigenvalue weighted by Crippen LogP contribution is 2.41. The minimum absolute atomic E-state index is 0.0128. The lowest BCUT2D eigenvalue weighted by atomic mass is 9.77. The predicted octanol–water partition coefficient (Wildman–Crippen LogP) is 6.16. The Morgan fingerprint density at radius 2 is 1.68 bits per heavy atom. The van der Waals surface area contributed by atoms with Gasteiger partial charge < -0.3 is 63.4 Å². The van der Waals surface area contributed by atoms with E-state index in [1.807, 2.05) is 77.2 Å². The largest absolute Gasteiger partial charge is 0.459 e. The molecule has 418 valence electrons. The molecule has 20 heteroatoms. The summed E-state index contributed by atoms with van der Waals surface area (Å²) >= 11 is 1.55. The molecule has 3 aliphatic rings. The monoisotopic (exact) mass is 1060 g/mol. The number of methoxy groups -OCH3 is 2. The van der Waals surface area contributed by atoms with E-state index in [2.05, 4.69) is 20.2 Å². The fourth-order valence-electron chi connectivity index (χ4n) is 11.7. The minimum Gasteiger partial charge on any atom is -0.459 e. The van der Waals surface area contributed by atoms with Crippen molar-refractivity contribution in [3.63, 3.8) is 0 Å². The van der Waals surface area contributed by atoms with Gasteiger partial charge in [0.25, 0.3) is 0 Å². The van der Waals surface area contributed by atoms with Crippen LogP contribution in [0.5, 0.6) is 0 Å². The summed E-state index contributed by atoms with van der Waals surface area (Å²) < 4.78 is 61.0. The van der Waals surface area contributed by atoms with E-state index < -0.39 is 109 Å². The number of cyclic esters (lactones) is 1. The number of halogens is 1. The van der Waals surface area contributed by atoms with E-state index in [4.69, 9.17) is 33.2 Å². The van der Waals surface area contributed by atoms with Crippen molar-refractivity contribution in [2.24, 2.45) is 17.8 Å². The van der Waals surface area contributed by atoms with Crippen LogP contribution in [0, 0.1) is 17.8 Å². The molecule has 0 bridgehead atoms. The Morgan fingerprint density at radius 1 is 0.973 bits per heavy atom. The third-order valence-electron chi connectivity index (χ3n) is 16.4. The smallest absolute Gasteiger partial charge is 0.311 e. The van der Waals surface area contributed by atoms with Crippen LogP contribution in [0.3, 0.4) is 0 Å². The number of alkyl halides is 1. The molecule has 19 atom stereocenters. The van der Waals surface area contributed by atoms with Crippen molar-refractivity contribution >= 4 is 17.3 Å². The van der Waals surface area contributed by atoms with Crippen molar-refractivity contribution in [2.75, 3.05) is 48.1 Å². The SMILES string of the molecule is CC[C@H]1OC(=O)[C@H](C)[C@@H](OC2C[C@@](C)(OC)[C@@H](O)[C@H](C)O2)[C@H](C)[C@@H](O[C@H]2C[C@@H](N(C)CCc3cn([C@H](CF)[C@H](OC)c4ccc(-c5cncs5)cc4)nn3)C[C@@H](C)O2)[C@](C)(O)C[C@@H](C)CN(C)[C@H](C)[C@@H](O)[C@]1(C)O. The van der Waals surface area contributed by atoms with Gasteiger partial charge in [0.2, 0.25) is 0 Å². The molecule has 1 aromatic carbocycles. The average molecular weight is 1060 g/mol. The molecule has 6 rings (SSSR count). The molecule has 0 radical (unpaired) electrons. The highest BCUT2D eigenvalue weighted by molar-refractivity contribution is 7.13. The first-order chi connectivity index (χ1) is 34.9. The fraction of sp³-hybridized carbons (Fsp3) is 0.778. The number of benzene rings is 1. The molecular weight excluding hydrogens is 976 g/mol. The molecule has 1 unspecified atom stereocenters. The number of aliphatic hydroxyl groups excluding tert-OH is 2. The molecule has 3 aromatic rings. The second-order valence-electron chi connectivity index (χ2n) is 22.4. The summed E-state index contributed by atoms with van der Waals surface area (Å²) in [5, 5.41) is 56.4. The van der Waals surface area contributed by atoms with Crippen molar-refractivity contribution in [1.29, 1.82) is 0 Å². The van der Waals surface area contributed by atoms with Gasteiger partial charge in [-0.15, -0.1) is 16.4 Å². The first kappa shape index (κ1) is 60.1. The summed E-state index contributed by atoms with van der Waals surface area (Å²) in [6.07, 6.45) is -2.71. The Hall–Kier alpha value is -3.09. The highest BCUT2D eigenvalue weighted by atomic mass is 32.1. The lowest BCUT2D eigenvalue weighted by Gasteiger charge is -2.48. The van der Waals surface area contributed by atoms with Crippen LogP contribution in [0.4, 0.5) is 4.39 Å². The zero-order valence-electron chi connectivity index (χ0n) is 46.2. The van der Waals surface area contributed by atoms with Crippen molar-refractivity contribution in [1.82, 2.24) is 29.8 Å². The summed E-state index contributed by atoms with van der Waals surface area (Å²) in [5.74, 6) is -2.56. The third kappa shape index (κ3) is 14.0. The second kappa shape index (κ2) is 25.6. The number of aromatic nitrogens is 4. The van der Waals surface area contributed by atoms with Crippen LogP contribution in [0.15, 0.2) is 42.2 Å². The number of rotatable bonds is 16. The van der Waals surface area contributed by atoms with Crippen molar-refractivity contribution in [3.8, 4) is 10.4 Å². The number of likely N-dealkylation sites (N-methyl/N-ethyl adjacent to an activating group) is 2. The lowest BCUT2D eigenvalue weighted by Crippen LogP contribution is -2.59. The summed E-state index contributed by atoms with van der Waals surface area (Å²) in [4.78, 5) is 23.9.